The van der Waals surface area contributed by atoms with Gasteiger partial charge in [-0.05, 0) is 12.8 Å². The van der Waals surface area contributed by atoms with Crippen LogP contribution >= 0.6 is 11.6 Å². The van der Waals surface area contributed by atoms with Gasteiger partial charge in [-0.25, -0.2) is 0 Å². The molecule has 0 rings (SSSR count). The Kier molecular flexibility index (Phi) is 21.5. The van der Waals surface area contributed by atoms with Gasteiger partial charge in [0.2, 0.25) is 0 Å². The van der Waals surface area contributed by atoms with E-state index in [0.29, 0.717) is 13.1 Å². The summed E-state index contributed by atoms with van der Waals surface area (Å²) in [6.45, 7) is 1.14. The normalized spacial score (nSPS) is 10.8. The standard InChI is InChI=1S/C20H39ClO2/c21-18-16-14-12-10-8-6-4-2-1-3-5-7-9-11-13-15-17-19-23-20-22/h20H,1-19H2. The highest BCUT2D eigenvalue weighted by molar-refractivity contribution is 6.17. The molecule has 0 saturated carbocycles. The highest BCUT2D eigenvalue weighted by Gasteiger charge is 1.95. The molecular weight excluding hydrogens is 308 g/mol. The number of hydrogen-bond donors (Lipinski definition) is 0. The highest BCUT2D eigenvalue weighted by atomic mass is 35.5. The van der Waals surface area contributed by atoms with Crippen LogP contribution in [0.2, 0.25) is 0 Å². The molecule has 0 aliphatic heterocycles. The van der Waals surface area contributed by atoms with Crippen molar-refractivity contribution in [1.29, 1.82) is 0 Å². The van der Waals surface area contributed by atoms with Gasteiger partial charge in [-0.3, -0.25) is 4.79 Å². The summed E-state index contributed by atoms with van der Waals surface area (Å²) < 4.78 is 4.68. The summed E-state index contributed by atoms with van der Waals surface area (Å²) in [6, 6.07) is 0. The third kappa shape index (κ3) is 21.8. The molecule has 138 valence electrons. The maximum Gasteiger partial charge on any atom is 0.293 e. The second kappa shape index (κ2) is 21.8. The van der Waals surface area contributed by atoms with E-state index in [0.717, 1.165) is 12.3 Å². The van der Waals surface area contributed by atoms with Gasteiger partial charge < -0.3 is 4.74 Å². The van der Waals surface area contributed by atoms with Crippen molar-refractivity contribution in [3.05, 3.63) is 0 Å². The monoisotopic (exact) mass is 346 g/mol. The van der Waals surface area contributed by atoms with Crippen LogP contribution in [0.1, 0.15) is 109 Å². The molecule has 0 N–H and O–H groups in total. The largest absolute Gasteiger partial charge is 0.468 e. The first kappa shape index (κ1) is 22.8. The van der Waals surface area contributed by atoms with Crippen LogP contribution in [-0.4, -0.2) is 19.0 Å². The molecule has 0 fully saturated rings. The van der Waals surface area contributed by atoms with Gasteiger partial charge >= 0.3 is 0 Å². The van der Waals surface area contributed by atoms with Crippen molar-refractivity contribution in [3.8, 4) is 0 Å². The SMILES string of the molecule is O=COCCCCCCCCCCCCCCCCCCCCl. The van der Waals surface area contributed by atoms with Crippen molar-refractivity contribution in [2.75, 3.05) is 12.5 Å². The first-order valence-corrected chi connectivity index (χ1v) is 10.6. The van der Waals surface area contributed by atoms with Gasteiger partial charge in [-0.1, -0.05) is 96.3 Å². The van der Waals surface area contributed by atoms with E-state index in [1.165, 1.54) is 103 Å². The summed E-state index contributed by atoms with van der Waals surface area (Å²) in [7, 11) is 0. The Morgan fingerprint density at radius 3 is 1.13 bits per heavy atom. The average molecular weight is 347 g/mol. The predicted octanol–water partition coefficient (Wildman–Crippen LogP) is 7.03. The topological polar surface area (TPSA) is 26.3 Å². The number of hydrogen-bond acceptors (Lipinski definition) is 2. The maximum absolute atomic E-state index is 9.96. The first-order valence-electron chi connectivity index (χ1n) is 10.0. The molecule has 0 spiro atoms. The Balaban J connectivity index is 2.93. The molecule has 0 amide bonds. The minimum atomic E-state index is 0.545. The average Bonchev–Trinajstić information content (AvgIpc) is 2.57. The van der Waals surface area contributed by atoms with E-state index in [1.807, 2.05) is 0 Å². The smallest absolute Gasteiger partial charge is 0.293 e. The number of rotatable bonds is 20. The maximum atomic E-state index is 9.96. The molecule has 0 unspecified atom stereocenters. The lowest BCUT2D eigenvalue weighted by Gasteiger charge is -2.03. The quantitative estimate of drug-likeness (QED) is 0.134. The van der Waals surface area contributed by atoms with Crippen LogP contribution < -0.4 is 0 Å². The zero-order valence-corrected chi connectivity index (χ0v) is 16.0. The second-order valence-corrected chi connectivity index (χ2v) is 7.04. The number of ether oxygens (including phenoxy) is 1. The van der Waals surface area contributed by atoms with Gasteiger partial charge in [0, 0.05) is 5.88 Å². The van der Waals surface area contributed by atoms with Gasteiger partial charge in [0.25, 0.3) is 6.47 Å². The Labute approximate surface area is 149 Å². The van der Waals surface area contributed by atoms with Gasteiger partial charge in [0.1, 0.15) is 0 Å². The van der Waals surface area contributed by atoms with E-state index < -0.39 is 0 Å². The Bertz CT molecular complexity index is 222. The van der Waals surface area contributed by atoms with Gasteiger partial charge in [-0.2, -0.15) is 0 Å². The molecule has 0 radical (unpaired) electrons. The van der Waals surface area contributed by atoms with Crippen LogP contribution in [-0.2, 0) is 9.53 Å². The van der Waals surface area contributed by atoms with Crippen molar-refractivity contribution in [2.24, 2.45) is 0 Å². The number of alkyl halides is 1. The Hall–Kier alpha value is -0.240. The summed E-state index contributed by atoms with van der Waals surface area (Å²) in [4.78, 5) is 9.96. The van der Waals surface area contributed by atoms with E-state index in [1.54, 1.807) is 0 Å². The molecule has 0 aromatic heterocycles. The van der Waals surface area contributed by atoms with Crippen molar-refractivity contribution >= 4 is 18.1 Å². The van der Waals surface area contributed by atoms with Gasteiger partial charge in [0.15, 0.2) is 0 Å². The summed E-state index contributed by atoms with van der Waals surface area (Å²) in [5, 5.41) is 0. The summed E-state index contributed by atoms with van der Waals surface area (Å²) in [5.74, 6) is 0.830. The minimum Gasteiger partial charge on any atom is -0.468 e. The van der Waals surface area contributed by atoms with E-state index in [-0.39, 0.29) is 0 Å². The van der Waals surface area contributed by atoms with E-state index in [2.05, 4.69) is 4.74 Å². The molecule has 23 heavy (non-hydrogen) atoms. The molecule has 2 nitrogen and oxygen atoms in total. The van der Waals surface area contributed by atoms with Crippen LogP contribution in [0, 0.1) is 0 Å². The predicted molar refractivity (Wildman–Crippen MR) is 101 cm³/mol. The second-order valence-electron chi connectivity index (χ2n) is 6.67. The fourth-order valence-corrected chi connectivity index (χ4v) is 3.17. The zero-order valence-electron chi connectivity index (χ0n) is 15.2. The van der Waals surface area contributed by atoms with E-state index >= 15 is 0 Å². The fourth-order valence-electron chi connectivity index (χ4n) is 2.98. The fraction of sp³-hybridized carbons (Fsp3) is 0.950. The Morgan fingerprint density at radius 2 is 0.826 bits per heavy atom. The minimum absolute atomic E-state index is 0.545. The first-order chi connectivity index (χ1) is 11.4. The molecule has 0 bridgehead atoms. The molecule has 0 aromatic carbocycles. The number of carbonyl (C=O) groups is 1. The Morgan fingerprint density at radius 1 is 0.522 bits per heavy atom. The number of carbonyl (C=O) groups excluding carboxylic acids is 1. The molecule has 0 aliphatic carbocycles. The van der Waals surface area contributed by atoms with Crippen molar-refractivity contribution in [1.82, 2.24) is 0 Å². The van der Waals surface area contributed by atoms with Crippen LogP contribution in [0.4, 0.5) is 0 Å². The van der Waals surface area contributed by atoms with Crippen molar-refractivity contribution < 1.29 is 9.53 Å². The number of halogens is 1. The third-order valence-corrected chi connectivity index (χ3v) is 4.73. The molecule has 0 aliphatic rings. The lowest BCUT2D eigenvalue weighted by molar-refractivity contribution is -0.128. The lowest BCUT2D eigenvalue weighted by Crippen LogP contribution is -1.91. The molecular formula is C20H39ClO2. The summed E-state index contributed by atoms with van der Waals surface area (Å²) >= 11 is 5.67. The van der Waals surface area contributed by atoms with Gasteiger partial charge in [0.05, 0.1) is 6.61 Å². The van der Waals surface area contributed by atoms with E-state index in [9.17, 15) is 4.79 Å². The molecule has 3 heteroatoms. The zero-order chi connectivity index (χ0) is 16.8. The van der Waals surface area contributed by atoms with E-state index in [4.69, 9.17) is 11.6 Å². The highest BCUT2D eigenvalue weighted by Crippen LogP contribution is 2.14. The van der Waals surface area contributed by atoms with Crippen LogP contribution in [0.25, 0.3) is 0 Å². The van der Waals surface area contributed by atoms with Crippen LogP contribution in [0.15, 0.2) is 0 Å². The molecule has 0 saturated heterocycles. The van der Waals surface area contributed by atoms with Crippen LogP contribution in [0.5, 0.6) is 0 Å². The van der Waals surface area contributed by atoms with Crippen molar-refractivity contribution in [2.45, 2.75) is 109 Å². The van der Waals surface area contributed by atoms with Gasteiger partial charge in [-0.15, -0.1) is 11.6 Å². The summed E-state index contributed by atoms with van der Waals surface area (Å²) in [6.07, 6.45) is 22.8. The third-order valence-electron chi connectivity index (χ3n) is 4.46. The molecule has 0 aromatic rings. The number of unbranched alkanes of at least 4 members (excludes halogenated alkanes) is 16. The van der Waals surface area contributed by atoms with Crippen molar-refractivity contribution in [3.63, 3.8) is 0 Å². The summed E-state index contributed by atoms with van der Waals surface area (Å²) in [5.41, 5.74) is 0. The lowest BCUT2D eigenvalue weighted by atomic mass is 10.0. The molecule has 0 atom stereocenters. The molecule has 0 heterocycles. The van der Waals surface area contributed by atoms with Crippen LogP contribution in [0.3, 0.4) is 0 Å².